The van der Waals surface area contributed by atoms with Crippen molar-refractivity contribution in [2.24, 2.45) is 0 Å². The topological polar surface area (TPSA) is 186 Å². The zero-order valence-corrected chi connectivity index (χ0v) is 33.2. The normalized spacial score (nSPS) is 19.0. The van der Waals surface area contributed by atoms with Crippen molar-refractivity contribution in [2.75, 3.05) is 51.1 Å². The number of rotatable bonds is 14. The second kappa shape index (κ2) is 20.8. The Morgan fingerprint density at radius 2 is 1.05 bits per heavy atom. The number of nitrogens with one attached hydrogen (secondary N) is 2. The van der Waals surface area contributed by atoms with Gasteiger partial charge in [0.05, 0.1) is 0 Å². The number of benzene rings is 3. The Labute approximate surface area is 333 Å². The maximum absolute atomic E-state index is 12.5. The van der Waals surface area contributed by atoms with Crippen molar-refractivity contribution >= 4 is 46.9 Å². The highest BCUT2D eigenvalue weighted by Crippen LogP contribution is 2.21. The number of hydrogen-bond acceptors (Lipinski definition) is 9. The third kappa shape index (κ3) is 12.5. The van der Waals surface area contributed by atoms with Gasteiger partial charge >= 0.3 is 23.9 Å². The first-order valence-corrected chi connectivity index (χ1v) is 19.2. The Bertz CT molecular complexity index is 1780. The number of nitrogens with zero attached hydrogens (tertiary/aromatic N) is 4. The van der Waals surface area contributed by atoms with Gasteiger partial charge in [-0.15, -0.1) is 0 Å². The SMILES string of the molecule is C[C@@H](C(=O)O)N1CCN([C@@H](C)C(=O)O)CCN([C@@H](C)C(=O)O)[C@@H](Cc2ccc(NC(=S)NCc3ccc(-c4ccccc4)cc3)cc2)CN([C@@H](C)C(=O)O)CC1. The Kier molecular flexibility index (Phi) is 16.3. The number of hydrogen-bond donors (Lipinski definition) is 6. The Hall–Kier alpha value is -4.93. The first kappa shape index (κ1) is 43.8. The molecule has 4 rings (SSSR count). The summed E-state index contributed by atoms with van der Waals surface area (Å²) in [6.07, 6.45) is 0.353. The van der Waals surface area contributed by atoms with E-state index in [9.17, 15) is 39.6 Å². The van der Waals surface area contributed by atoms with Gasteiger partial charge in [-0.05, 0) is 80.7 Å². The highest BCUT2D eigenvalue weighted by atomic mass is 32.1. The van der Waals surface area contributed by atoms with E-state index < -0.39 is 54.1 Å². The van der Waals surface area contributed by atoms with Crippen LogP contribution in [0.2, 0.25) is 0 Å². The average molecular weight is 791 g/mol. The summed E-state index contributed by atoms with van der Waals surface area (Å²) in [6.45, 7) is 8.13. The lowest BCUT2D eigenvalue weighted by molar-refractivity contribution is -0.148. The summed E-state index contributed by atoms with van der Waals surface area (Å²) in [5.74, 6) is -4.22. The first-order valence-electron chi connectivity index (χ1n) is 18.8. The Morgan fingerprint density at radius 1 is 0.607 bits per heavy atom. The predicted molar refractivity (Wildman–Crippen MR) is 219 cm³/mol. The fourth-order valence-electron chi connectivity index (χ4n) is 6.86. The zero-order chi connectivity index (χ0) is 40.9. The molecule has 15 heteroatoms. The van der Waals surface area contributed by atoms with Crippen LogP contribution in [-0.4, -0.2) is 145 Å². The van der Waals surface area contributed by atoms with E-state index in [1.165, 1.54) is 0 Å². The van der Waals surface area contributed by atoms with Gasteiger partial charge in [0, 0.05) is 64.1 Å². The number of anilines is 1. The fourth-order valence-corrected chi connectivity index (χ4v) is 7.05. The molecule has 1 heterocycles. The predicted octanol–water partition coefficient (Wildman–Crippen LogP) is 3.87. The fraction of sp³-hybridized carbons (Fsp3) is 0.439. The van der Waals surface area contributed by atoms with Crippen LogP contribution in [0.15, 0.2) is 78.9 Å². The van der Waals surface area contributed by atoms with Crippen LogP contribution in [0.5, 0.6) is 0 Å². The van der Waals surface area contributed by atoms with Gasteiger partial charge in [-0.3, -0.25) is 38.8 Å². The van der Waals surface area contributed by atoms with Crippen molar-refractivity contribution in [3.63, 3.8) is 0 Å². The van der Waals surface area contributed by atoms with Gasteiger partial charge in [-0.2, -0.15) is 0 Å². The average Bonchev–Trinajstić information content (AvgIpc) is 3.18. The second-order valence-corrected chi connectivity index (χ2v) is 14.7. The third-order valence-electron chi connectivity index (χ3n) is 10.7. The summed E-state index contributed by atoms with van der Waals surface area (Å²) in [5, 5.41) is 47.0. The minimum absolute atomic E-state index is 0.162. The molecule has 3 aromatic carbocycles. The molecule has 5 atom stereocenters. The summed E-state index contributed by atoms with van der Waals surface area (Å²) in [4.78, 5) is 56.0. The molecule has 1 saturated heterocycles. The molecule has 0 aliphatic carbocycles. The second-order valence-electron chi connectivity index (χ2n) is 14.3. The molecule has 56 heavy (non-hydrogen) atoms. The molecule has 0 spiro atoms. The Balaban J connectivity index is 1.54. The molecule has 1 fully saturated rings. The lowest BCUT2D eigenvalue weighted by atomic mass is 10.0. The van der Waals surface area contributed by atoms with Crippen LogP contribution in [0.3, 0.4) is 0 Å². The Morgan fingerprint density at radius 3 is 1.57 bits per heavy atom. The minimum Gasteiger partial charge on any atom is -0.480 e. The van der Waals surface area contributed by atoms with Crippen molar-refractivity contribution in [2.45, 2.75) is 70.9 Å². The molecule has 302 valence electrons. The van der Waals surface area contributed by atoms with E-state index in [2.05, 4.69) is 47.0 Å². The van der Waals surface area contributed by atoms with Gasteiger partial charge in [0.1, 0.15) is 24.2 Å². The molecule has 0 bridgehead atoms. The van der Waals surface area contributed by atoms with E-state index >= 15 is 0 Å². The van der Waals surface area contributed by atoms with Crippen molar-refractivity contribution in [1.29, 1.82) is 0 Å². The van der Waals surface area contributed by atoms with Crippen molar-refractivity contribution in [3.8, 4) is 11.1 Å². The van der Waals surface area contributed by atoms with Gasteiger partial charge in [-0.25, -0.2) is 0 Å². The maximum Gasteiger partial charge on any atom is 0.320 e. The van der Waals surface area contributed by atoms with E-state index in [-0.39, 0.29) is 45.8 Å². The van der Waals surface area contributed by atoms with E-state index in [4.69, 9.17) is 12.2 Å². The molecule has 1 aliphatic heterocycles. The molecular formula is C41H54N6O8S. The third-order valence-corrected chi connectivity index (χ3v) is 10.9. The highest BCUT2D eigenvalue weighted by molar-refractivity contribution is 7.80. The molecule has 0 radical (unpaired) electrons. The molecule has 6 N–H and O–H groups in total. The van der Waals surface area contributed by atoms with Crippen LogP contribution < -0.4 is 10.6 Å². The van der Waals surface area contributed by atoms with Crippen LogP contribution in [0.1, 0.15) is 38.8 Å². The van der Waals surface area contributed by atoms with Crippen LogP contribution in [-0.2, 0) is 32.1 Å². The number of carboxylic acids is 4. The monoisotopic (exact) mass is 790 g/mol. The van der Waals surface area contributed by atoms with Gasteiger partial charge < -0.3 is 31.1 Å². The van der Waals surface area contributed by atoms with E-state index in [0.29, 0.717) is 18.1 Å². The quantitative estimate of drug-likeness (QED) is 0.129. The van der Waals surface area contributed by atoms with E-state index in [1.807, 2.05) is 47.4 Å². The molecule has 14 nitrogen and oxygen atoms in total. The zero-order valence-electron chi connectivity index (χ0n) is 32.4. The number of carbonyl (C=O) groups is 4. The molecule has 3 aromatic rings. The van der Waals surface area contributed by atoms with E-state index in [0.717, 1.165) is 27.9 Å². The molecule has 0 unspecified atom stereocenters. The van der Waals surface area contributed by atoms with Gasteiger partial charge in [0.2, 0.25) is 0 Å². The molecule has 1 aliphatic rings. The number of aliphatic carboxylic acids is 4. The molecule has 0 aromatic heterocycles. The highest BCUT2D eigenvalue weighted by Gasteiger charge is 2.35. The van der Waals surface area contributed by atoms with Crippen molar-refractivity contribution < 1.29 is 39.6 Å². The lowest BCUT2D eigenvalue weighted by Crippen LogP contribution is -2.58. The largest absolute Gasteiger partial charge is 0.480 e. The molecule has 0 saturated carbocycles. The van der Waals surface area contributed by atoms with Crippen LogP contribution in [0.25, 0.3) is 11.1 Å². The first-order chi connectivity index (χ1) is 26.6. The van der Waals surface area contributed by atoms with Gasteiger partial charge in [0.15, 0.2) is 5.11 Å². The maximum atomic E-state index is 12.5. The summed E-state index contributed by atoms with van der Waals surface area (Å²) in [6, 6.07) is 21.7. The van der Waals surface area contributed by atoms with Gasteiger partial charge in [-0.1, -0.05) is 66.7 Å². The standard InChI is InChI=1S/C41H54N6O8S/c1-27(37(48)49)44-18-19-45(28(2)38(50)51)22-23-47(30(4)40(54)55)36(26-46(21-20-44)29(3)39(52)53)24-31-12-16-35(17-13-31)43-41(56)42-25-32-10-14-34(15-11-32)33-8-6-5-7-9-33/h5-17,27-30,36H,18-26H2,1-4H3,(H,48,49)(H,50,51)(H,52,53)(H,54,55)(H2,42,43,56)/t27-,28-,29-,30-,36-/m0/s1. The van der Waals surface area contributed by atoms with Crippen molar-refractivity contribution in [1.82, 2.24) is 24.9 Å². The van der Waals surface area contributed by atoms with Crippen LogP contribution in [0.4, 0.5) is 5.69 Å². The van der Waals surface area contributed by atoms with Crippen LogP contribution in [0, 0.1) is 0 Å². The van der Waals surface area contributed by atoms with Crippen LogP contribution >= 0.6 is 12.2 Å². The molecule has 0 amide bonds. The van der Waals surface area contributed by atoms with Gasteiger partial charge in [0.25, 0.3) is 0 Å². The summed E-state index contributed by atoms with van der Waals surface area (Å²) in [7, 11) is 0. The number of thiocarbonyl (C=S) groups is 1. The van der Waals surface area contributed by atoms with Crippen molar-refractivity contribution in [3.05, 3.63) is 90.0 Å². The minimum atomic E-state index is -1.06. The lowest BCUT2D eigenvalue weighted by Gasteiger charge is -2.42. The van der Waals surface area contributed by atoms with E-state index in [1.54, 1.807) is 42.4 Å². The summed E-state index contributed by atoms with van der Waals surface area (Å²) in [5.41, 5.74) is 4.95. The summed E-state index contributed by atoms with van der Waals surface area (Å²) < 4.78 is 0. The molecular weight excluding hydrogens is 737 g/mol. The summed E-state index contributed by atoms with van der Waals surface area (Å²) >= 11 is 5.57. The number of carboxylic acid groups (broad SMARTS) is 4. The smallest absolute Gasteiger partial charge is 0.320 e.